The Kier molecular flexibility index (Phi) is 41.1. The number of halogens is 2. The van der Waals surface area contributed by atoms with E-state index < -0.39 is 0 Å². The van der Waals surface area contributed by atoms with Gasteiger partial charge in [-0.3, -0.25) is 0 Å². The fourth-order valence-corrected chi connectivity index (χ4v) is 0. The number of rotatable bonds is 0. The predicted octanol–water partition coefficient (Wildman–Crippen LogP) is 0.415. The molecule has 0 bridgehead atoms. The molecule has 0 aromatic heterocycles. The van der Waals surface area contributed by atoms with Crippen LogP contribution in [0.4, 0.5) is 0 Å². The Labute approximate surface area is 86.7 Å². The third-order valence-electron chi connectivity index (χ3n) is 0.0476. The van der Waals surface area contributed by atoms with Gasteiger partial charge in [0.1, 0.15) is 0 Å². The van der Waals surface area contributed by atoms with Crippen LogP contribution in [0.1, 0.15) is 0 Å². The molecule has 0 unspecified atom stereocenters. The Morgan fingerprint density at radius 3 is 1.00 bits per heavy atom. The quantitative estimate of drug-likeness (QED) is 0.537. The first-order valence-electron chi connectivity index (χ1n) is 0.770. The SMILES string of the molecule is BrC=CBr.[MgH2].[MgH2]. The average molecular weight is 238 g/mol. The zero-order valence-electron chi connectivity index (χ0n) is 1.91. The van der Waals surface area contributed by atoms with Crippen molar-refractivity contribution < 1.29 is 0 Å². The molecule has 4 heteroatoms. The van der Waals surface area contributed by atoms with E-state index in [1.807, 2.05) is 0 Å². The minimum atomic E-state index is 0. The van der Waals surface area contributed by atoms with E-state index in [1.54, 1.807) is 9.97 Å². The van der Waals surface area contributed by atoms with Crippen LogP contribution in [-0.2, 0) is 0 Å². The predicted molar refractivity (Wildman–Crippen MR) is 44.1 cm³/mol. The highest BCUT2D eigenvalue weighted by atomic mass is 79.9. The van der Waals surface area contributed by atoms with Crippen molar-refractivity contribution in [3.8, 4) is 0 Å². The van der Waals surface area contributed by atoms with Crippen molar-refractivity contribution in [2.24, 2.45) is 0 Å². The molecule has 0 atom stereocenters. The molecule has 0 fully saturated rings. The first-order chi connectivity index (χ1) is 1.91. The van der Waals surface area contributed by atoms with Crippen molar-refractivity contribution in [2.75, 3.05) is 0 Å². The summed E-state index contributed by atoms with van der Waals surface area (Å²) in [5.41, 5.74) is 0. The summed E-state index contributed by atoms with van der Waals surface area (Å²) in [6, 6.07) is 0. The van der Waals surface area contributed by atoms with E-state index in [0.29, 0.717) is 0 Å². The smallest absolute Gasteiger partial charge is 0.0589 e. The molecule has 6 heavy (non-hydrogen) atoms. The third-order valence-corrected chi connectivity index (χ3v) is 1.29. The summed E-state index contributed by atoms with van der Waals surface area (Å²) in [4.78, 5) is 3.46. The lowest BCUT2D eigenvalue weighted by atomic mass is 11.3. The normalized spacial score (nSPS) is 6.33. The second-order valence-corrected chi connectivity index (χ2v) is 1.31. The molecule has 0 saturated heterocycles. The summed E-state index contributed by atoms with van der Waals surface area (Å²) in [5.74, 6) is 0. The van der Waals surface area contributed by atoms with E-state index >= 15 is 0 Å². The summed E-state index contributed by atoms with van der Waals surface area (Å²) >= 11 is 6.04. The van der Waals surface area contributed by atoms with Crippen molar-refractivity contribution in [2.45, 2.75) is 0 Å². The van der Waals surface area contributed by atoms with Gasteiger partial charge in [-0.25, -0.2) is 0 Å². The van der Waals surface area contributed by atoms with Gasteiger partial charge in [0.2, 0.25) is 0 Å². The van der Waals surface area contributed by atoms with Gasteiger partial charge in [-0.15, -0.1) is 0 Å². The largest absolute Gasteiger partial charge is 0.316 e. The average Bonchev–Trinajstić information content (AvgIpc) is 1.37. The van der Waals surface area contributed by atoms with Gasteiger partial charge < -0.3 is 0 Å². The van der Waals surface area contributed by atoms with Gasteiger partial charge in [-0.1, -0.05) is 31.9 Å². The van der Waals surface area contributed by atoms with E-state index in [1.165, 1.54) is 0 Å². The second-order valence-electron chi connectivity index (χ2n) is 0.252. The molecule has 0 rings (SSSR count). The van der Waals surface area contributed by atoms with Gasteiger partial charge in [0.15, 0.2) is 0 Å². The van der Waals surface area contributed by atoms with Gasteiger partial charge in [0.25, 0.3) is 0 Å². The van der Waals surface area contributed by atoms with Crippen LogP contribution in [0.3, 0.4) is 0 Å². The lowest BCUT2D eigenvalue weighted by molar-refractivity contribution is 2.65. The Balaban J connectivity index is -0.0000000450. The van der Waals surface area contributed by atoms with E-state index in [4.69, 9.17) is 0 Å². The van der Waals surface area contributed by atoms with E-state index in [0.717, 1.165) is 0 Å². The zero-order valence-corrected chi connectivity index (χ0v) is 5.08. The van der Waals surface area contributed by atoms with Gasteiger partial charge >= 0.3 is 46.1 Å². The van der Waals surface area contributed by atoms with Gasteiger partial charge in [0.05, 0.1) is 0 Å². The molecule has 0 N–H and O–H groups in total. The van der Waals surface area contributed by atoms with Crippen molar-refractivity contribution in [1.82, 2.24) is 0 Å². The number of hydrogen-bond acceptors (Lipinski definition) is 0. The van der Waals surface area contributed by atoms with Crippen LogP contribution in [0.5, 0.6) is 0 Å². The topological polar surface area (TPSA) is 0 Å². The maximum absolute atomic E-state index is 3.02. The Morgan fingerprint density at radius 2 is 1.00 bits per heavy atom. The molecule has 32 valence electrons. The van der Waals surface area contributed by atoms with E-state index in [9.17, 15) is 0 Å². The molecule has 0 aliphatic carbocycles. The lowest BCUT2D eigenvalue weighted by Crippen LogP contribution is -1.07. The molecule has 0 aliphatic heterocycles. The summed E-state index contributed by atoms with van der Waals surface area (Å²) in [5, 5.41) is 0. The van der Waals surface area contributed by atoms with Crippen LogP contribution < -0.4 is 0 Å². The van der Waals surface area contributed by atoms with E-state index in [-0.39, 0.29) is 46.1 Å². The molecule has 0 spiro atoms. The molecule has 0 aromatic carbocycles. The van der Waals surface area contributed by atoms with Crippen molar-refractivity contribution in [1.29, 1.82) is 0 Å². The highest BCUT2D eigenvalue weighted by molar-refractivity contribution is 9.13. The Hall–Kier alpha value is 2.23. The van der Waals surface area contributed by atoms with Gasteiger partial charge in [0, 0.05) is 0 Å². The van der Waals surface area contributed by atoms with Crippen LogP contribution in [0.15, 0.2) is 9.97 Å². The number of hydrogen-bond donors (Lipinski definition) is 0. The monoisotopic (exact) mass is 236 g/mol. The zero-order chi connectivity index (χ0) is 3.41. The molecule has 0 radical (unpaired) electrons. The summed E-state index contributed by atoms with van der Waals surface area (Å²) in [6.07, 6.45) is 0. The van der Waals surface area contributed by atoms with Crippen LogP contribution in [0, 0.1) is 0 Å². The van der Waals surface area contributed by atoms with Crippen LogP contribution in [0.2, 0.25) is 0 Å². The molecule has 0 nitrogen and oxygen atoms in total. The highest BCUT2D eigenvalue weighted by Crippen LogP contribution is 1.86. The fourth-order valence-electron chi connectivity index (χ4n) is 0. The molecule has 0 saturated carbocycles. The highest BCUT2D eigenvalue weighted by Gasteiger charge is 1.39. The maximum atomic E-state index is 3.02. The minimum Gasteiger partial charge on any atom is -0.0589 e. The fraction of sp³-hybridized carbons (Fsp3) is 0. The second kappa shape index (κ2) is 15.7. The molecule has 0 aromatic rings. The van der Waals surface area contributed by atoms with E-state index in [2.05, 4.69) is 31.9 Å². The third kappa shape index (κ3) is 16.3. The Morgan fingerprint density at radius 1 is 0.833 bits per heavy atom. The van der Waals surface area contributed by atoms with Gasteiger partial charge in [-0.05, 0) is 9.97 Å². The summed E-state index contributed by atoms with van der Waals surface area (Å²) in [7, 11) is 0. The standard InChI is InChI=1S/C2H2Br2.2Mg.4H/c3-1-2-4;;;;;;/h1-2H;;;;;;. The minimum absolute atomic E-state index is 0. The first kappa shape index (κ1) is 15.7. The first-order valence-corrected chi connectivity index (χ1v) is 2.60. The molecular weight excluding hydrogens is 232 g/mol. The van der Waals surface area contributed by atoms with Crippen LogP contribution in [0.25, 0.3) is 0 Å². The summed E-state index contributed by atoms with van der Waals surface area (Å²) in [6.45, 7) is 0. The lowest BCUT2D eigenvalue weighted by Gasteiger charge is -1.44. The molecule has 0 heterocycles. The maximum Gasteiger partial charge on any atom is 0.316 e. The summed E-state index contributed by atoms with van der Waals surface area (Å²) < 4.78 is 0. The van der Waals surface area contributed by atoms with Gasteiger partial charge in [-0.2, -0.15) is 0 Å². The van der Waals surface area contributed by atoms with Crippen molar-refractivity contribution in [3.63, 3.8) is 0 Å². The molecule has 0 amide bonds. The molecule has 0 aliphatic rings. The van der Waals surface area contributed by atoms with Crippen LogP contribution in [-0.4, -0.2) is 46.1 Å². The van der Waals surface area contributed by atoms with Crippen molar-refractivity contribution >= 4 is 78.0 Å². The van der Waals surface area contributed by atoms with Crippen LogP contribution >= 0.6 is 31.9 Å². The Bertz CT molecular complexity index is 24.7. The van der Waals surface area contributed by atoms with Crippen molar-refractivity contribution in [3.05, 3.63) is 9.97 Å². The molecular formula is C2H6Br2Mg2.